The highest BCUT2D eigenvalue weighted by Gasteiger charge is 2.19. The maximum atomic E-state index is 13.8. The lowest BCUT2D eigenvalue weighted by Crippen LogP contribution is -2.33. The van der Waals surface area contributed by atoms with Gasteiger partial charge in [0.1, 0.15) is 11.5 Å². The van der Waals surface area contributed by atoms with E-state index in [-0.39, 0.29) is 29.6 Å². The molecule has 1 amide bonds. The van der Waals surface area contributed by atoms with Crippen molar-refractivity contribution < 1.29 is 9.18 Å². The predicted octanol–water partition coefficient (Wildman–Crippen LogP) is 3.48. The smallest absolute Gasteiger partial charge is 0.223 e. The Morgan fingerprint density at radius 3 is 2.55 bits per heavy atom. The summed E-state index contributed by atoms with van der Waals surface area (Å²) in [5.74, 6) is -0.0826. The van der Waals surface area contributed by atoms with Crippen molar-refractivity contribution in [2.75, 3.05) is 0 Å². The molecule has 4 nitrogen and oxygen atoms in total. The molecule has 1 heterocycles. The van der Waals surface area contributed by atoms with Gasteiger partial charge in [-0.2, -0.15) is 5.10 Å². The van der Waals surface area contributed by atoms with E-state index >= 15 is 0 Å². The Labute approximate surface area is 130 Å². The van der Waals surface area contributed by atoms with Gasteiger partial charge in [0, 0.05) is 17.7 Å². The number of carbonyl (C=O) groups excluding carboxylic acids is 1. The molecule has 5 heteroatoms. The Morgan fingerprint density at radius 2 is 1.91 bits per heavy atom. The maximum Gasteiger partial charge on any atom is 0.223 e. The number of nitrogens with one attached hydrogen (secondary N) is 1. The number of benzene rings is 1. The van der Waals surface area contributed by atoms with Crippen molar-refractivity contribution >= 4 is 5.91 Å². The Morgan fingerprint density at radius 1 is 1.23 bits per heavy atom. The van der Waals surface area contributed by atoms with Gasteiger partial charge in [-0.25, -0.2) is 9.07 Å². The first-order valence-electron chi connectivity index (χ1n) is 7.50. The number of halogens is 1. The van der Waals surface area contributed by atoms with Crippen LogP contribution < -0.4 is 5.32 Å². The van der Waals surface area contributed by atoms with Gasteiger partial charge in [-0.05, 0) is 25.0 Å². The largest absolute Gasteiger partial charge is 0.349 e. The monoisotopic (exact) mass is 303 g/mol. The molecule has 1 aromatic carbocycles. The minimum Gasteiger partial charge on any atom is -0.349 e. The summed E-state index contributed by atoms with van der Waals surface area (Å²) >= 11 is 0. The summed E-state index contributed by atoms with van der Waals surface area (Å²) in [6.45, 7) is 7.85. The van der Waals surface area contributed by atoms with Gasteiger partial charge in [-0.3, -0.25) is 4.79 Å². The lowest BCUT2D eigenvalue weighted by atomic mass is 9.97. The van der Waals surface area contributed by atoms with Gasteiger partial charge >= 0.3 is 0 Å². The van der Waals surface area contributed by atoms with Crippen molar-refractivity contribution in [2.45, 2.75) is 33.7 Å². The molecule has 2 rings (SSSR count). The number of hydrogen-bond donors (Lipinski definition) is 1. The Hall–Kier alpha value is -2.17. The first kappa shape index (κ1) is 16.2. The number of carbonyl (C=O) groups is 1. The van der Waals surface area contributed by atoms with E-state index in [1.807, 2.05) is 27.7 Å². The summed E-state index contributed by atoms with van der Waals surface area (Å²) in [4.78, 5) is 12.1. The third-order valence-corrected chi connectivity index (χ3v) is 3.97. The van der Waals surface area contributed by atoms with E-state index in [4.69, 9.17) is 0 Å². The summed E-state index contributed by atoms with van der Waals surface area (Å²) in [7, 11) is 0. The van der Waals surface area contributed by atoms with E-state index in [9.17, 15) is 9.18 Å². The van der Waals surface area contributed by atoms with Crippen LogP contribution in [0.15, 0.2) is 36.7 Å². The molecule has 0 radical (unpaired) electrons. The summed E-state index contributed by atoms with van der Waals surface area (Å²) in [6.07, 6.45) is 3.39. The number of hydrogen-bond acceptors (Lipinski definition) is 2. The number of nitrogens with zero attached hydrogens (tertiary/aromatic N) is 2. The summed E-state index contributed by atoms with van der Waals surface area (Å²) < 4.78 is 15.2. The predicted molar refractivity (Wildman–Crippen MR) is 84.1 cm³/mol. The van der Waals surface area contributed by atoms with Gasteiger partial charge in [-0.1, -0.05) is 32.9 Å². The Balaban J connectivity index is 2.11. The second-order valence-electron chi connectivity index (χ2n) is 5.93. The molecule has 0 bridgehead atoms. The Kier molecular flexibility index (Phi) is 4.96. The van der Waals surface area contributed by atoms with Crippen LogP contribution in [-0.4, -0.2) is 15.7 Å². The third kappa shape index (κ3) is 3.53. The normalized spacial score (nSPS) is 13.9. The van der Waals surface area contributed by atoms with Gasteiger partial charge < -0.3 is 5.32 Å². The van der Waals surface area contributed by atoms with Crippen molar-refractivity contribution in [1.29, 1.82) is 0 Å². The second-order valence-corrected chi connectivity index (χ2v) is 5.93. The highest BCUT2D eigenvalue weighted by atomic mass is 19.1. The first-order chi connectivity index (χ1) is 10.4. The molecule has 2 atom stereocenters. The molecule has 0 saturated carbocycles. The molecule has 0 fully saturated rings. The second kappa shape index (κ2) is 6.73. The van der Waals surface area contributed by atoms with E-state index in [0.29, 0.717) is 5.69 Å². The fraction of sp³-hybridized carbons (Fsp3) is 0.412. The molecule has 0 aliphatic heterocycles. The molecule has 1 aromatic heterocycles. The van der Waals surface area contributed by atoms with Crippen LogP contribution in [0.25, 0.3) is 5.69 Å². The van der Waals surface area contributed by atoms with Crippen LogP contribution in [0, 0.1) is 17.7 Å². The summed E-state index contributed by atoms with van der Waals surface area (Å²) in [5.41, 5.74) is 1.23. The van der Waals surface area contributed by atoms with E-state index in [1.54, 1.807) is 30.6 Å². The van der Waals surface area contributed by atoms with Gasteiger partial charge in [0.05, 0.1) is 12.2 Å². The van der Waals surface area contributed by atoms with Crippen LogP contribution >= 0.6 is 0 Å². The average Bonchev–Trinajstić information content (AvgIpc) is 2.96. The van der Waals surface area contributed by atoms with Gasteiger partial charge in [-0.15, -0.1) is 0 Å². The zero-order valence-electron chi connectivity index (χ0n) is 13.4. The van der Waals surface area contributed by atoms with E-state index < -0.39 is 0 Å². The van der Waals surface area contributed by atoms with Gasteiger partial charge in [0.2, 0.25) is 5.91 Å². The van der Waals surface area contributed by atoms with Crippen molar-refractivity contribution in [1.82, 2.24) is 15.1 Å². The SMILES string of the molecule is CC(NC(=O)C(C)C(C)C)c1cnn(-c2ccccc2F)c1. The van der Waals surface area contributed by atoms with Crippen LogP contribution in [0.5, 0.6) is 0 Å². The van der Waals surface area contributed by atoms with Crippen LogP contribution in [0.3, 0.4) is 0 Å². The number of aromatic nitrogens is 2. The minimum absolute atomic E-state index is 0.0149. The number of rotatable bonds is 5. The lowest BCUT2D eigenvalue weighted by Gasteiger charge is -2.18. The highest BCUT2D eigenvalue weighted by Crippen LogP contribution is 2.18. The molecule has 2 unspecified atom stereocenters. The zero-order chi connectivity index (χ0) is 16.3. The molecule has 1 N–H and O–H groups in total. The molecule has 0 aliphatic carbocycles. The molecular weight excluding hydrogens is 281 g/mol. The zero-order valence-corrected chi connectivity index (χ0v) is 13.4. The van der Waals surface area contributed by atoms with E-state index in [0.717, 1.165) is 5.56 Å². The van der Waals surface area contributed by atoms with Crippen molar-refractivity contribution in [3.8, 4) is 5.69 Å². The van der Waals surface area contributed by atoms with Gasteiger partial charge in [0.15, 0.2) is 0 Å². The van der Waals surface area contributed by atoms with Crippen LogP contribution in [0.1, 0.15) is 39.3 Å². The average molecular weight is 303 g/mol. The molecule has 0 spiro atoms. The van der Waals surface area contributed by atoms with Crippen molar-refractivity contribution in [3.05, 3.63) is 48.0 Å². The Bertz CT molecular complexity index is 651. The molecule has 2 aromatic rings. The maximum absolute atomic E-state index is 13.8. The van der Waals surface area contributed by atoms with E-state index in [1.165, 1.54) is 10.7 Å². The standard InChI is InChI=1S/C17H22FN3O/c1-11(2)12(3)17(22)20-13(4)14-9-19-21(10-14)16-8-6-5-7-15(16)18/h5-13H,1-4H3,(H,20,22). The topological polar surface area (TPSA) is 46.9 Å². The molecule has 22 heavy (non-hydrogen) atoms. The summed E-state index contributed by atoms with van der Waals surface area (Å²) in [6, 6.07) is 6.28. The van der Waals surface area contributed by atoms with Crippen molar-refractivity contribution in [2.24, 2.45) is 11.8 Å². The highest BCUT2D eigenvalue weighted by molar-refractivity contribution is 5.78. The number of para-hydroxylation sites is 1. The number of amides is 1. The fourth-order valence-corrected chi connectivity index (χ4v) is 2.06. The molecule has 0 saturated heterocycles. The lowest BCUT2D eigenvalue weighted by molar-refractivity contribution is -0.126. The fourth-order valence-electron chi connectivity index (χ4n) is 2.06. The van der Waals surface area contributed by atoms with Crippen molar-refractivity contribution in [3.63, 3.8) is 0 Å². The van der Waals surface area contributed by atoms with Crippen LogP contribution in [0.2, 0.25) is 0 Å². The molecular formula is C17H22FN3O. The van der Waals surface area contributed by atoms with Gasteiger partial charge in [0.25, 0.3) is 0 Å². The molecule has 118 valence electrons. The molecule has 0 aliphatic rings. The minimum atomic E-state index is -0.331. The van der Waals surface area contributed by atoms with Crippen LogP contribution in [0.4, 0.5) is 4.39 Å². The summed E-state index contributed by atoms with van der Waals surface area (Å²) in [5, 5.41) is 7.15. The third-order valence-electron chi connectivity index (χ3n) is 3.97. The quantitative estimate of drug-likeness (QED) is 0.919. The van der Waals surface area contributed by atoms with Crippen LogP contribution in [-0.2, 0) is 4.79 Å². The first-order valence-corrected chi connectivity index (χ1v) is 7.50. The van der Waals surface area contributed by atoms with E-state index in [2.05, 4.69) is 10.4 Å².